The Morgan fingerprint density at radius 2 is 2.07 bits per heavy atom. The summed E-state index contributed by atoms with van der Waals surface area (Å²) >= 11 is 0. The van der Waals surface area contributed by atoms with Crippen LogP contribution in [0.15, 0.2) is 18.2 Å². The van der Waals surface area contributed by atoms with E-state index >= 15 is 0 Å². The molecule has 0 amide bonds. The molecule has 0 fully saturated rings. The second-order valence-corrected chi connectivity index (χ2v) is 4.15. The lowest BCUT2D eigenvalue weighted by Crippen LogP contribution is -2.26. The topological polar surface area (TPSA) is 38.0 Å². The lowest BCUT2D eigenvalue weighted by atomic mass is 9.77. The number of nitrogens with two attached hydrogens (primary N) is 1. The van der Waals surface area contributed by atoms with Crippen molar-refractivity contribution in [2.45, 2.75) is 32.1 Å². The van der Waals surface area contributed by atoms with Crippen molar-refractivity contribution in [3.8, 4) is 0 Å². The maximum Gasteiger partial charge on any atom is 0.0380 e. The largest absolute Gasteiger partial charge is 0.399 e. The van der Waals surface area contributed by atoms with Gasteiger partial charge in [-0.2, -0.15) is 0 Å². The summed E-state index contributed by atoms with van der Waals surface area (Å²) in [5, 5.41) is 3.46. The smallest absolute Gasteiger partial charge is 0.0380 e. The molecule has 2 heteroatoms. The van der Waals surface area contributed by atoms with Gasteiger partial charge in [-0.05, 0) is 36.6 Å². The lowest BCUT2D eigenvalue weighted by Gasteiger charge is -2.26. The van der Waals surface area contributed by atoms with Crippen molar-refractivity contribution < 1.29 is 0 Å². The third kappa shape index (κ3) is 1.17. The van der Waals surface area contributed by atoms with Crippen molar-refractivity contribution in [2.75, 3.05) is 17.6 Å². The van der Waals surface area contributed by atoms with E-state index in [1.165, 1.54) is 24.1 Å². The first kappa shape index (κ1) is 9.38. The molecule has 1 aliphatic rings. The third-order valence-corrected chi connectivity index (χ3v) is 3.59. The van der Waals surface area contributed by atoms with Crippen LogP contribution in [0.2, 0.25) is 0 Å². The van der Waals surface area contributed by atoms with Crippen LogP contribution in [0.4, 0.5) is 11.4 Å². The Bertz CT molecular complexity index is 340. The predicted octanol–water partition coefficient (Wildman–Crippen LogP) is 2.75. The van der Waals surface area contributed by atoms with Gasteiger partial charge in [-0.15, -0.1) is 0 Å². The van der Waals surface area contributed by atoms with Gasteiger partial charge in [-0.3, -0.25) is 0 Å². The molecule has 76 valence electrons. The van der Waals surface area contributed by atoms with E-state index in [1.807, 2.05) is 6.07 Å². The average Bonchev–Trinajstić information content (AvgIpc) is 2.57. The van der Waals surface area contributed by atoms with Gasteiger partial charge in [0.2, 0.25) is 0 Å². The number of hydrogen-bond donors (Lipinski definition) is 2. The zero-order valence-corrected chi connectivity index (χ0v) is 8.93. The van der Waals surface area contributed by atoms with Crippen LogP contribution >= 0.6 is 0 Å². The Morgan fingerprint density at radius 3 is 2.71 bits per heavy atom. The van der Waals surface area contributed by atoms with Gasteiger partial charge in [0.15, 0.2) is 0 Å². The molecule has 0 atom stereocenters. The van der Waals surface area contributed by atoms with Crippen molar-refractivity contribution in [3.05, 3.63) is 23.8 Å². The summed E-state index contributed by atoms with van der Waals surface area (Å²) in [6.07, 6.45) is 2.35. The van der Waals surface area contributed by atoms with Gasteiger partial charge in [-0.25, -0.2) is 0 Å². The number of rotatable bonds is 2. The molecule has 0 saturated heterocycles. The normalized spacial score (nSPS) is 17.6. The molecule has 1 aromatic carbocycles. The Morgan fingerprint density at radius 1 is 1.36 bits per heavy atom. The van der Waals surface area contributed by atoms with Crippen LogP contribution < -0.4 is 11.1 Å². The fraction of sp³-hybridized carbons (Fsp3) is 0.500. The predicted molar refractivity (Wildman–Crippen MR) is 61.6 cm³/mol. The summed E-state index contributed by atoms with van der Waals surface area (Å²) in [4.78, 5) is 0. The van der Waals surface area contributed by atoms with Gasteiger partial charge in [0.25, 0.3) is 0 Å². The fourth-order valence-electron chi connectivity index (χ4n) is 2.40. The van der Waals surface area contributed by atoms with Gasteiger partial charge < -0.3 is 11.1 Å². The van der Waals surface area contributed by atoms with Crippen LogP contribution in [0.25, 0.3) is 0 Å². The van der Waals surface area contributed by atoms with Crippen molar-refractivity contribution in [2.24, 2.45) is 0 Å². The van der Waals surface area contributed by atoms with Crippen molar-refractivity contribution in [1.29, 1.82) is 0 Å². The summed E-state index contributed by atoms with van der Waals surface area (Å²) in [5.41, 5.74) is 9.69. The molecular weight excluding hydrogens is 172 g/mol. The van der Waals surface area contributed by atoms with E-state index in [-0.39, 0.29) is 0 Å². The quantitative estimate of drug-likeness (QED) is 0.704. The van der Waals surface area contributed by atoms with E-state index in [9.17, 15) is 0 Å². The maximum atomic E-state index is 5.83. The van der Waals surface area contributed by atoms with Crippen LogP contribution in [0, 0.1) is 0 Å². The van der Waals surface area contributed by atoms with Crippen molar-refractivity contribution in [3.63, 3.8) is 0 Å². The van der Waals surface area contributed by atoms with Crippen LogP contribution in [0.1, 0.15) is 32.3 Å². The molecule has 1 aromatic rings. The molecule has 2 rings (SSSR count). The molecule has 3 N–H and O–H groups in total. The first-order chi connectivity index (χ1) is 6.72. The molecule has 0 aliphatic carbocycles. The number of fused-ring (bicyclic) bond motifs is 1. The molecule has 0 aromatic heterocycles. The minimum Gasteiger partial charge on any atom is -0.399 e. The van der Waals surface area contributed by atoms with Crippen molar-refractivity contribution >= 4 is 11.4 Å². The SMILES string of the molecule is CCC1(CC)CNc2ccc(N)cc21. The highest BCUT2D eigenvalue weighted by molar-refractivity contribution is 5.65. The molecule has 0 saturated carbocycles. The minimum absolute atomic E-state index is 0.310. The average molecular weight is 190 g/mol. The van der Waals surface area contributed by atoms with Gasteiger partial charge in [0.1, 0.15) is 0 Å². The number of nitrogens with one attached hydrogen (secondary N) is 1. The summed E-state index contributed by atoms with van der Waals surface area (Å²) in [7, 11) is 0. The molecular formula is C12H18N2. The molecule has 1 heterocycles. The Kier molecular flexibility index (Phi) is 2.14. The Balaban J connectivity index is 2.51. The number of anilines is 2. The van der Waals surface area contributed by atoms with E-state index in [2.05, 4.69) is 31.3 Å². The van der Waals surface area contributed by atoms with Gasteiger partial charge in [-0.1, -0.05) is 13.8 Å². The Labute approximate surface area is 85.5 Å². The zero-order valence-electron chi connectivity index (χ0n) is 8.93. The summed E-state index contributed by atoms with van der Waals surface area (Å²) in [5.74, 6) is 0. The molecule has 14 heavy (non-hydrogen) atoms. The summed E-state index contributed by atoms with van der Waals surface area (Å²) in [6.45, 7) is 5.56. The molecule has 0 bridgehead atoms. The highest BCUT2D eigenvalue weighted by atomic mass is 14.9. The highest BCUT2D eigenvalue weighted by Gasteiger charge is 2.35. The third-order valence-electron chi connectivity index (χ3n) is 3.59. The fourth-order valence-corrected chi connectivity index (χ4v) is 2.40. The Hall–Kier alpha value is -1.18. The number of benzene rings is 1. The molecule has 0 unspecified atom stereocenters. The van der Waals surface area contributed by atoms with Crippen LogP contribution in [-0.4, -0.2) is 6.54 Å². The van der Waals surface area contributed by atoms with Crippen LogP contribution in [0.5, 0.6) is 0 Å². The number of hydrogen-bond acceptors (Lipinski definition) is 2. The van der Waals surface area contributed by atoms with Gasteiger partial charge >= 0.3 is 0 Å². The van der Waals surface area contributed by atoms with E-state index in [0.29, 0.717) is 5.41 Å². The first-order valence-corrected chi connectivity index (χ1v) is 5.36. The van der Waals surface area contributed by atoms with E-state index in [1.54, 1.807) is 0 Å². The molecule has 1 aliphatic heterocycles. The highest BCUT2D eigenvalue weighted by Crippen LogP contribution is 2.42. The second-order valence-electron chi connectivity index (χ2n) is 4.15. The van der Waals surface area contributed by atoms with E-state index in [4.69, 9.17) is 5.73 Å². The summed E-state index contributed by atoms with van der Waals surface area (Å²) < 4.78 is 0. The molecule has 0 radical (unpaired) electrons. The number of nitrogen functional groups attached to an aromatic ring is 1. The van der Waals surface area contributed by atoms with Gasteiger partial charge in [0.05, 0.1) is 0 Å². The molecule has 0 spiro atoms. The van der Waals surface area contributed by atoms with E-state index in [0.717, 1.165) is 12.2 Å². The first-order valence-electron chi connectivity index (χ1n) is 5.36. The minimum atomic E-state index is 0.310. The summed E-state index contributed by atoms with van der Waals surface area (Å²) in [6, 6.07) is 6.19. The zero-order chi connectivity index (χ0) is 10.2. The van der Waals surface area contributed by atoms with E-state index < -0.39 is 0 Å². The van der Waals surface area contributed by atoms with Crippen molar-refractivity contribution in [1.82, 2.24) is 0 Å². The van der Waals surface area contributed by atoms with Crippen LogP contribution in [-0.2, 0) is 5.41 Å². The lowest BCUT2D eigenvalue weighted by molar-refractivity contribution is 0.438. The van der Waals surface area contributed by atoms with Gasteiger partial charge in [0, 0.05) is 23.3 Å². The second kappa shape index (κ2) is 3.19. The monoisotopic (exact) mass is 190 g/mol. The van der Waals surface area contributed by atoms with Crippen LogP contribution in [0.3, 0.4) is 0 Å². The standard InChI is InChI=1S/C12H18N2/c1-3-12(4-2)8-14-11-6-5-9(13)7-10(11)12/h5-7,14H,3-4,8,13H2,1-2H3. The maximum absolute atomic E-state index is 5.83. The molecule has 2 nitrogen and oxygen atoms in total.